The van der Waals surface area contributed by atoms with Gasteiger partial charge < -0.3 is 15.4 Å². The fourth-order valence-electron chi connectivity index (χ4n) is 2.60. The van der Waals surface area contributed by atoms with E-state index in [4.69, 9.17) is 10.5 Å². The maximum atomic E-state index is 13.3. The van der Waals surface area contributed by atoms with Crippen LogP contribution in [-0.2, 0) is 4.74 Å². The number of piperidine rings is 1. The molecule has 1 aliphatic rings. The zero-order valence-electron chi connectivity index (χ0n) is 13.1. The summed E-state index contributed by atoms with van der Waals surface area (Å²) in [5.74, 6) is -0.320. The second kappa shape index (κ2) is 6.54. The third-order valence-electron chi connectivity index (χ3n) is 3.59. The van der Waals surface area contributed by atoms with E-state index in [0.717, 1.165) is 12.0 Å². The smallest absolute Gasteiger partial charge is 0.410 e. The van der Waals surface area contributed by atoms with Gasteiger partial charge in [-0.2, -0.15) is 0 Å². The first-order chi connectivity index (χ1) is 10.2. The van der Waals surface area contributed by atoms with Crippen molar-refractivity contribution in [3.8, 4) is 0 Å². The average molecular weight is 373 g/mol. The van der Waals surface area contributed by atoms with Crippen LogP contribution in [0.3, 0.4) is 0 Å². The summed E-state index contributed by atoms with van der Waals surface area (Å²) >= 11 is 3.38. The number of rotatable bonds is 1. The minimum Gasteiger partial charge on any atom is -0.444 e. The number of carbonyl (C=O) groups excluding carboxylic acids is 1. The van der Waals surface area contributed by atoms with Gasteiger partial charge in [-0.15, -0.1) is 0 Å². The van der Waals surface area contributed by atoms with Crippen molar-refractivity contribution in [2.45, 2.75) is 51.3 Å². The van der Waals surface area contributed by atoms with Crippen molar-refractivity contribution >= 4 is 22.0 Å². The first-order valence-corrected chi connectivity index (χ1v) is 8.17. The number of halogens is 2. The van der Waals surface area contributed by atoms with Crippen LogP contribution in [0.4, 0.5) is 9.18 Å². The molecule has 6 heteroatoms. The molecule has 2 atom stereocenters. The third kappa shape index (κ3) is 4.20. The first kappa shape index (κ1) is 17.2. The summed E-state index contributed by atoms with van der Waals surface area (Å²) in [6.45, 7) is 6.04. The van der Waals surface area contributed by atoms with Gasteiger partial charge in [0.25, 0.3) is 0 Å². The number of nitrogens with zero attached hydrogens (tertiary/aromatic N) is 1. The number of hydrogen-bond acceptors (Lipinski definition) is 3. The van der Waals surface area contributed by atoms with Gasteiger partial charge in [-0.3, -0.25) is 0 Å². The molecule has 2 rings (SSSR count). The van der Waals surface area contributed by atoms with Gasteiger partial charge in [0, 0.05) is 17.1 Å². The molecular weight excluding hydrogens is 351 g/mol. The van der Waals surface area contributed by atoms with Crippen LogP contribution in [0.15, 0.2) is 22.7 Å². The summed E-state index contributed by atoms with van der Waals surface area (Å²) in [5, 5.41) is 0. The van der Waals surface area contributed by atoms with Gasteiger partial charge in [-0.25, -0.2) is 9.18 Å². The Balaban J connectivity index is 2.29. The maximum Gasteiger partial charge on any atom is 0.410 e. The van der Waals surface area contributed by atoms with Crippen molar-refractivity contribution in [3.63, 3.8) is 0 Å². The molecule has 0 radical (unpaired) electrons. The first-order valence-electron chi connectivity index (χ1n) is 7.37. The number of hydrogen-bond donors (Lipinski definition) is 1. The third-order valence-corrected chi connectivity index (χ3v) is 4.28. The van der Waals surface area contributed by atoms with E-state index in [1.165, 1.54) is 12.1 Å². The van der Waals surface area contributed by atoms with E-state index in [-0.39, 0.29) is 24.0 Å². The molecule has 0 saturated carbocycles. The minimum absolute atomic E-state index is 0.0145. The number of likely N-dealkylation sites (tertiary alicyclic amines) is 1. The lowest BCUT2D eigenvalue weighted by atomic mass is 9.92. The SMILES string of the molecule is CC(C)(C)OC(=O)N1CCC(N)CC1c1ccc(F)cc1Br. The summed E-state index contributed by atoms with van der Waals surface area (Å²) in [7, 11) is 0. The van der Waals surface area contributed by atoms with Gasteiger partial charge in [-0.05, 0) is 51.3 Å². The predicted molar refractivity (Wildman–Crippen MR) is 87.0 cm³/mol. The second-order valence-electron chi connectivity index (χ2n) is 6.64. The summed E-state index contributed by atoms with van der Waals surface area (Å²) in [6, 6.07) is 4.30. The van der Waals surface area contributed by atoms with Crippen molar-refractivity contribution in [2.75, 3.05) is 6.54 Å². The quantitative estimate of drug-likeness (QED) is 0.810. The molecule has 1 amide bonds. The zero-order valence-corrected chi connectivity index (χ0v) is 14.7. The van der Waals surface area contributed by atoms with E-state index in [9.17, 15) is 9.18 Å². The minimum atomic E-state index is -0.554. The van der Waals surface area contributed by atoms with Crippen LogP contribution in [0, 0.1) is 5.82 Å². The normalized spacial score (nSPS) is 22.5. The summed E-state index contributed by atoms with van der Waals surface area (Å²) in [4.78, 5) is 14.1. The number of nitrogens with two attached hydrogens (primary N) is 1. The number of carbonyl (C=O) groups is 1. The Morgan fingerprint density at radius 1 is 1.45 bits per heavy atom. The Kier molecular flexibility index (Phi) is 5.12. The molecule has 1 aliphatic heterocycles. The number of benzene rings is 1. The van der Waals surface area contributed by atoms with E-state index in [1.807, 2.05) is 20.8 Å². The molecule has 1 fully saturated rings. The highest BCUT2D eigenvalue weighted by atomic mass is 79.9. The maximum absolute atomic E-state index is 13.3. The summed E-state index contributed by atoms with van der Waals surface area (Å²) < 4.78 is 19.4. The molecule has 0 bridgehead atoms. The Bertz CT molecular complexity index is 560. The molecule has 122 valence electrons. The Morgan fingerprint density at radius 2 is 2.14 bits per heavy atom. The van der Waals surface area contributed by atoms with E-state index < -0.39 is 5.60 Å². The molecular formula is C16H22BrFN2O2. The highest BCUT2D eigenvalue weighted by Crippen LogP contribution is 2.35. The van der Waals surface area contributed by atoms with Gasteiger partial charge in [0.15, 0.2) is 0 Å². The molecule has 22 heavy (non-hydrogen) atoms. The lowest BCUT2D eigenvalue weighted by Gasteiger charge is -2.39. The van der Waals surface area contributed by atoms with Crippen molar-refractivity contribution < 1.29 is 13.9 Å². The highest BCUT2D eigenvalue weighted by molar-refractivity contribution is 9.10. The average Bonchev–Trinajstić information content (AvgIpc) is 2.36. The van der Waals surface area contributed by atoms with Crippen LogP contribution in [0.2, 0.25) is 0 Å². The van der Waals surface area contributed by atoms with Crippen LogP contribution in [0.25, 0.3) is 0 Å². The van der Waals surface area contributed by atoms with Crippen molar-refractivity contribution in [1.82, 2.24) is 4.90 Å². The van der Waals surface area contributed by atoms with E-state index >= 15 is 0 Å². The largest absolute Gasteiger partial charge is 0.444 e. The zero-order chi connectivity index (χ0) is 16.5. The van der Waals surface area contributed by atoms with Gasteiger partial charge in [0.2, 0.25) is 0 Å². The lowest BCUT2D eigenvalue weighted by Crippen LogP contribution is -2.47. The van der Waals surface area contributed by atoms with E-state index in [0.29, 0.717) is 17.4 Å². The molecule has 1 saturated heterocycles. The van der Waals surface area contributed by atoms with Crippen molar-refractivity contribution in [2.24, 2.45) is 5.73 Å². The van der Waals surface area contributed by atoms with Crippen LogP contribution in [-0.4, -0.2) is 29.2 Å². The summed E-state index contributed by atoms with van der Waals surface area (Å²) in [6.07, 6.45) is 0.999. The number of amides is 1. The molecule has 2 N–H and O–H groups in total. The molecule has 0 spiro atoms. The molecule has 0 aliphatic carbocycles. The lowest BCUT2D eigenvalue weighted by molar-refractivity contribution is 0.00788. The standard InChI is InChI=1S/C16H22BrFN2O2/c1-16(2,3)22-15(21)20-7-6-11(19)9-14(20)12-5-4-10(18)8-13(12)17/h4-5,8,11,14H,6-7,9,19H2,1-3H3. The van der Waals surface area contributed by atoms with E-state index in [2.05, 4.69) is 15.9 Å². The molecule has 1 aromatic rings. The Labute approximate surface area is 138 Å². The van der Waals surface area contributed by atoms with Crippen LogP contribution in [0.5, 0.6) is 0 Å². The molecule has 1 aromatic carbocycles. The van der Waals surface area contributed by atoms with E-state index in [1.54, 1.807) is 11.0 Å². The van der Waals surface area contributed by atoms with Crippen molar-refractivity contribution in [3.05, 3.63) is 34.1 Å². The van der Waals surface area contributed by atoms with Crippen LogP contribution in [0.1, 0.15) is 45.2 Å². The monoisotopic (exact) mass is 372 g/mol. The van der Waals surface area contributed by atoms with Gasteiger partial charge >= 0.3 is 6.09 Å². The fourth-order valence-corrected chi connectivity index (χ4v) is 3.21. The van der Waals surface area contributed by atoms with Gasteiger partial charge in [0.1, 0.15) is 11.4 Å². The number of ether oxygens (including phenoxy) is 1. The summed E-state index contributed by atoms with van der Waals surface area (Å²) in [5.41, 5.74) is 6.36. The van der Waals surface area contributed by atoms with Crippen molar-refractivity contribution in [1.29, 1.82) is 0 Å². The van der Waals surface area contributed by atoms with Gasteiger partial charge in [-0.1, -0.05) is 22.0 Å². The highest BCUT2D eigenvalue weighted by Gasteiger charge is 2.34. The molecule has 0 aromatic heterocycles. The molecule has 2 unspecified atom stereocenters. The van der Waals surface area contributed by atoms with Gasteiger partial charge in [0.05, 0.1) is 6.04 Å². The molecule has 1 heterocycles. The topological polar surface area (TPSA) is 55.6 Å². The second-order valence-corrected chi connectivity index (χ2v) is 7.49. The fraction of sp³-hybridized carbons (Fsp3) is 0.562. The molecule has 4 nitrogen and oxygen atoms in total. The predicted octanol–water partition coefficient (Wildman–Crippen LogP) is 3.99. The van der Waals surface area contributed by atoms with Crippen LogP contribution < -0.4 is 5.73 Å². The Morgan fingerprint density at radius 3 is 2.73 bits per heavy atom. The van der Waals surface area contributed by atoms with Crippen LogP contribution >= 0.6 is 15.9 Å². The Hall–Kier alpha value is -1.14.